The van der Waals surface area contributed by atoms with Gasteiger partial charge in [0.05, 0.1) is 4.91 Å². The Morgan fingerprint density at radius 1 is 1.26 bits per heavy atom. The fourth-order valence-electron chi connectivity index (χ4n) is 2.67. The maximum Gasteiger partial charge on any atom is 0.326 e. The van der Waals surface area contributed by atoms with Crippen molar-refractivity contribution in [1.82, 2.24) is 4.90 Å². The van der Waals surface area contributed by atoms with Gasteiger partial charge < -0.3 is 15.2 Å². The van der Waals surface area contributed by atoms with Crippen LogP contribution in [-0.2, 0) is 14.4 Å². The van der Waals surface area contributed by atoms with Crippen molar-refractivity contribution in [3.63, 3.8) is 0 Å². The summed E-state index contributed by atoms with van der Waals surface area (Å²) in [7, 11) is 0. The van der Waals surface area contributed by atoms with Crippen LogP contribution in [0.15, 0.2) is 53.4 Å². The molecule has 0 saturated carbocycles. The van der Waals surface area contributed by atoms with Gasteiger partial charge in [-0.05, 0) is 43.3 Å². The molecule has 3 rings (SSSR count). The molecule has 1 aliphatic rings. The first-order chi connectivity index (χ1) is 14.8. The molecule has 2 aromatic carbocycles. The number of aliphatic carboxylic acids is 1. The zero-order valence-corrected chi connectivity index (χ0v) is 18.6. The summed E-state index contributed by atoms with van der Waals surface area (Å²) in [6, 6.07) is 12.5. The van der Waals surface area contributed by atoms with Gasteiger partial charge in [-0.25, -0.2) is 4.79 Å². The summed E-state index contributed by atoms with van der Waals surface area (Å²) in [5, 5.41) is 12.5. The number of carbonyl (C=O) groups is 3. The number of amides is 2. The maximum absolute atomic E-state index is 12.6. The van der Waals surface area contributed by atoms with Gasteiger partial charge in [-0.3, -0.25) is 14.5 Å². The normalized spacial score (nSPS) is 15.8. The Morgan fingerprint density at radius 3 is 2.61 bits per heavy atom. The zero-order chi connectivity index (χ0) is 22.5. The largest absolute Gasteiger partial charge is 0.483 e. The van der Waals surface area contributed by atoms with E-state index in [0.29, 0.717) is 22.0 Å². The molecule has 160 valence electrons. The van der Waals surface area contributed by atoms with Crippen molar-refractivity contribution in [3.05, 3.63) is 64.0 Å². The molecule has 0 spiro atoms. The second-order valence-corrected chi connectivity index (χ2v) is 8.56. The third-order valence-corrected chi connectivity index (χ3v) is 5.84. The minimum absolute atomic E-state index is 0.173. The second-order valence-electron chi connectivity index (χ2n) is 6.45. The van der Waals surface area contributed by atoms with Gasteiger partial charge in [-0.15, -0.1) is 0 Å². The molecule has 0 bridgehead atoms. The van der Waals surface area contributed by atoms with Gasteiger partial charge >= 0.3 is 5.97 Å². The molecule has 2 amide bonds. The second kappa shape index (κ2) is 9.95. The Morgan fingerprint density at radius 2 is 1.94 bits per heavy atom. The monoisotopic (exact) mass is 476 g/mol. The van der Waals surface area contributed by atoms with Crippen LogP contribution in [0, 0.1) is 0 Å². The van der Waals surface area contributed by atoms with E-state index < -0.39 is 17.9 Å². The van der Waals surface area contributed by atoms with E-state index in [1.807, 2.05) is 0 Å². The predicted octanol–water partition coefficient (Wildman–Crippen LogP) is 4.03. The van der Waals surface area contributed by atoms with Crippen LogP contribution in [0.1, 0.15) is 12.5 Å². The maximum atomic E-state index is 12.6. The molecule has 1 atom stereocenters. The molecule has 0 radical (unpaired) electrons. The molecular weight excluding hydrogens is 460 g/mol. The topological polar surface area (TPSA) is 95.9 Å². The Labute approximate surface area is 193 Å². The summed E-state index contributed by atoms with van der Waals surface area (Å²) >= 11 is 12.0. The first kappa shape index (κ1) is 22.8. The summed E-state index contributed by atoms with van der Waals surface area (Å²) in [4.78, 5) is 37.4. The summed E-state index contributed by atoms with van der Waals surface area (Å²) in [5.41, 5.74) is 1.15. The zero-order valence-electron chi connectivity index (χ0n) is 16.2. The van der Waals surface area contributed by atoms with E-state index in [2.05, 4.69) is 5.32 Å². The van der Waals surface area contributed by atoms with Gasteiger partial charge in [-0.1, -0.05) is 53.8 Å². The van der Waals surface area contributed by atoms with E-state index in [4.69, 9.17) is 28.6 Å². The van der Waals surface area contributed by atoms with Crippen LogP contribution in [0.4, 0.5) is 5.69 Å². The lowest BCUT2D eigenvalue weighted by Crippen LogP contribution is -2.41. The molecule has 2 N–H and O–H groups in total. The van der Waals surface area contributed by atoms with E-state index in [0.717, 1.165) is 16.7 Å². The number of benzene rings is 2. The number of anilines is 1. The molecule has 0 aliphatic carbocycles. The van der Waals surface area contributed by atoms with E-state index in [1.54, 1.807) is 54.6 Å². The first-order valence-corrected chi connectivity index (χ1v) is 10.6. The number of thiocarbonyl (C=S) groups is 1. The Balaban J connectivity index is 1.71. The smallest absolute Gasteiger partial charge is 0.326 e. The SMILES string of the molecule is CC(C(=O)O)N1C(=O)/C(=C/c2ccccc2OCC(=O)Nc2ccc(Cl)cc2)SC1=S. The molecular formula is C21H17ClN2O5S2. The fourth-order valence-corrected chi connectivity index (χ4v) is 4.21. The number of ether oxygens (including phenoxy) is 1. The van der Waals surface area contributed by atoms with Crippen LogP contribution in [0.2, 0.25) is 5.02 Å². The van der Waals surface area contributed by atoms with Gasteiger partial charge in [0.25, 0.3) is 11.8 Å². The molecule has 31 heavy (non-hydrogen) atoms. The Bertz CT molecular complexity index is 1070. The molecule has 10 heteroatoms. The highest BCUT2D eigenvalue weighted by atomic mass is 35.5. The van der Waals surface area contributed by atoms with Gasteiger partial charge in [-0.2, -0.15) is 0 Å². The third-order valence-electron chi connectivity index (χ3n) is 4.26. The average molecular weight is 477 g/mol. The van der Waals surface area contributed by atoms with Crippen LogP contribution in [0.5, 0.6) is 5.75 Å². The van der Waals surface area contributed by atoms with Crippen molar-refractivity contribution in [2.24, 2.45) is 0 Å². The van der Waals surface area contributed by atoms with Crippen LogP contribution in [-0.4, -0.2) is 44.8 Å². The minimum atomic E-state index is -1.15. The van der Waals surface area contributed by atoms with E-state index in [1.165, 1.54) is 6.92 Å². The Kier molecular flexibility index (Phi) is 7.32. The number of hydrogen-bond donors (Lipinski definition) is 2. The highest BCUT2D eigenvalue weighted by Gasteiger charge is 2.38. The summed E-state index contributed by atoms with van der Waals surface area (Å²) in [6.07, 6.45) is 1.57. The number of nitrogens with zero attached hydrogens (tertiary/aromatic N) is 1. The van der Waals surface area contributed by atoms with Crippen LogP contribution in [0.3, 0.4) is 0 Å². The number of halogens is 1. The van der Waals surface area contributed by atoms with Crippen molar-refractivity contribution in [1.29, 1.82) is 0 Å². The molecule has 2 aromatic rings. The summed E-state index contributed by atoms with van der Waals surface area (Å²) in [6.45, 7) is 1.15. The standard InChI is InChI=1S/C21H17ClN2O5S2/c1-12(20(27)28)24-19(26)17(31-21(24)30)10-13-4-2-3-5-16(13)29-11-18(25)23-15-8-6-14(22)7-9-15/h2-10,12H,11H2,1H3,(H,23,25)(H,27,28)/b17-10-. The molecule has 1 unspecified atom stereocenters. The lowest BCUT2D eigenvalue weighted by Gasteiger charge is -2.18. The molecule has 0 aromatic heterocycles. The number of thioether (sulfide) groups is 1. The summed E-state index contributed by atoms with van der Waals surface area (Å²) < 4.78 is 5.81. The number of carboxylic acids is 1. The number of nitrogens with one attached hydrogen (secondary N) is 1. The van der Waals surface area contributed by atoms with Gasteiger partial charge in [0, 0.05) is 16.3 Å². The van der Waals surface area contributed by atoms with E-state index >= 15 is 0 Å². The van der Waals surface area contributed by atoms with Crippen molar-refractivity contribution >= 4 is 69.4 Å². The number of carbonyl (C=O) groups excluding carboxylic acids is 2. The first-order valence-electron chi connectivity index (χ1n) is 9.03. The van der Waals surface area contributed by atoms with Gasteiger partial charge in [0.2, 0.25) is 0 Å². The Hall–Kier alpha value is -2.88. The fraction of sp³-hybridized carbons (Fsp3) is 0.143. The highest BCUT2D eigenvalue weighted by Crippen LogP contribution is 2.35. The quantitative estimate of drug-likeness (QED) is 0.460. The van der Waals surface area contributed by atoms with Crippen molar-refractivity contribution < 1.29 is 24.2 Å². The highest BCUT2D eigenvalue weighted by molar-refractivity contribution is 8.26. The molecule has 1 heterocycles. The van der Waals surface area contributed by atoms with Crippen LogP contribution < -0.4 is 10.1 Å². The number of para-hydroxylation sites is 1. The van der Waals surface area contributed by atoms with Crippen LogP contribution >= 0.6 is 35.6 Å². The van der Waals surface area contributed by atoms with Crippen LogP contribution in [0.25, 0.3) is 6.08 Å². The van der Waals surface area contributed by atoms with Gasteiger partial charge in [0.15, 0.2) is 6.61 Å². The third kappa shape index (κ3) is 5.63. The number of rotatable bonds is 7. The minimum Gasteiger partial charge on any atom is -0.483 e. The molecule has 1 aliphatic heterocycles. The van der Waals surface area contributed by atoms with Crippen molar-refractivity contribution in [3.8, 4) is 5.75 Å². The molecule has 1 fully saturated rings. The summed E-state index contributed by atoms with van der Waals surface area (Å²) in [5.74, 6) is -1.60. The molecule has 1 saturated heterocycles. The predicted molar refractivity (Wildman–Crippen MR) is 124 cm³/mol. The lowest BCUT2D eigenvalue weighted by molar-refractivity contribution is -0.144. The van der Waals surface area contributed by atoms with Crippen molar-refractivity contribution in [2.75, 3.05) is 11.9 Å². The van der Waals surface area contributed by atoms with E-state index in [9.17, 15) is 19.5 Å². The molecule has 7 nitrogen and oxygen atoms in total. The lowest BCUT2D eigenvalue weighted by atomic mass is 10.1. The van der Waals surface area contributed by atoms with Crippen molar-refractivity contribution in [2.45, 2.75) is 13.0 Å². The average Bonchev–Trinajstić information content (AvgIpc) is 3.01. The van der Waals surface area contributed by atoms with E-state index in [-0.39, 0.29) is 21.7 Å². The number of carboxylic acid groups (broad SMARTS) is 1. The van der Waals surface area contributed by atoms with Gasteiger partial charge in [0.1, 0.15) is 16.1 Å². The number of hydrogen-bond acceptors (Lipinski definition) is 6.